The lowest BCUT2D eigenvalue weighted by atomic mass is 9.85. The smallest absolute Gasteiger partial charge is 0.262 e. The third kappa shape index (κ3) is 2.75. The minimum absolute atomic E-state index is 0.0129. The largest absolute Gasteiger partial charge is 0.337 e. The molecule has 114 valence electrons. The van der Waals surface area contributed by atoms with Crippen LogP contribution in [0.4, 0.5) is 0 Å². The molecule has 0 radical (unpaired) electrons. The summed E-state index contributed by atoms with van der Waals surface area (Å²) in [5.41, 5.74) is 5.80. The second-order valence-electron chi connectivity index (χ2n) is 5.61. The summed E-state index contributed by atoms with van der Waals surface area (Å²) in [6, 6.07) is -0.0129. The van der Waals surface area contributed by atoms with Crippen LogP contribution in [0.15, 0.2) is 11.2 Å². The summed E-state index contributed by atoms with van der Waals surface area (Å²) in [7, 11) is -0.0904. The number of rotatable bonds is 4. The summed E-state index contributed by atoms with van der Waals surface area (Å²) in [5.74, 6) is 0.935. The van der Waals surface area contributed by atoms with Gasteiger partial charge in [0.05, 0.1) is 0 Å². The quantitative estimate of drug-likeness (QED) is 0.894. The van der Waals surface area contributed by atoms with E-state index in [0.717, 1.165) is 25.7 Å². The SMILES string of the molecule is Cc1nc(S(=O)(=O)N(C)C2CCCCC2CN)cn1C. The Morgan fingerprint density at radius 2 is 2.10 bits per heavy atom. The summed E-state index contributed by atoms with van der Waals surface area (Å²) < 4.78 is 28.5. The molecule has 6 nitrogen and oxygen atoms in total. The molecule has 0 bridgehead atoms. The lowest BCUT2D eigenvalue weighted by Gasteiger charge is -2.36. The van der Waals surface area contributed by atoms with Crippen LogP contribution in [0.5, 0.6) is 0 Å². The molecular weight excluding hydrogens is 276 g/mol. The molecule has 7 heteroatoms. The zero-order chi connectivity index (χ0) is 14.9. The average molecular weight is 300 g/mol. The molecule has 0 saturated heterocycles. The fraction of sp³-hybridized carbons (Fsp3) is 0.769. The topological polar surface area (TPSA) is 81.2 Å². The van der Waals surface area contributed by atoms with Crippen molar-refractivity contribution in [1.29, 1.82) is 0 Å². The summed E-state index contributed by atoms with van der Waals surface area (Å²) in [6.45, 7) is 2.33. The van der Waals surface area contributed by atoms with Crippen LogP contribution >= 0.6 is 0 Å². The van der Waals surface area contributed by atoms with Crippen molar-refractivity contribution < 1.29 is 8.42 Å². The molecule has 2 atom stereocenters. The van der Waals surface area contributed by atoms with Gasteiger partial charge in [-0.1, -0.05) is 12.8 Å². The van der Waals surface area contributed by atoms with Gasteiger partial charge >= 0.3 is 0 Å². The van der Waals surface area contributed by atoms with Gasteiger partial charge in [0.2, 0.25) is 0 Å². The predicted octanol–water partition coefficient (Wildman–Crippen LogP) is 0.867. The molecule has 2 N–H and O–H groups in total. The van der Waals surface area contributed by atoms with E-state index in [1.807, 2.05) is 0 Å². The molecule has 1 fully saturated rings. The van der Waals surface area contributed by atoms with Crippen molar-refractivity contribution in [3.8, 4) is 0 Å². The third-order valence-electron chi connectivity index (χ3n) is 4.37. The van der Waals surface area contributed by atoms with Crippen LogP contribution < -0.4 is 5.73 Å². The maximum Gasteiger partial charge on any atom is 0.262 e. The summed E-state index contributed by atoms with van der Waals surface area (Å²) in [6.07, 6.45) is 5.64. The van der Waals surface area contributed by atoms with E-state index in [0.29, 0.717) is 12.4 Å². The Kier molecular flexibility index (Phi) is 4.51. The summed E-state index contributed by atoms with van der Waals surface area (Å²) in [4.78, 5) is 4.15. The number of aromatic nitrogens is 2. The Hall–Kier alpha value is -0.920. The monoisotopic (exact) mass is 300 g/mol. The first kappa shape index (κ1) is 15.5. The second-order valence-corrected chi connectivity index (χ2v) is 7.55. The van der Waals surface area contributed by atoms with Gasteiger partial charge in [-0.25, -0.2) is 13.4 Å². The van der Waals surface area contributed by atoms with Crippen molar-refractivity contribution in [3.63, 3.8) is 0 Å². The lowest BCUT2D eigenvalue weighted by molar-refractivity contribution is 0.204. The van der Waals surface area contributed by atoms with Crippen LogP contribution in [0.1, 0.15) is 31.5 Å². The normalized spacial score (nSPS) is 24.2. The van der Waals surface area contributed by atoms with E-state index in [1.54, 1.807) is 31.8 Å². The molecule has 1 aromatic rings. The van der Waals surface area contributed by atoms with E-state index in [4.69, 9.17) is 5.73 Å². The molecule has 0 aliphatic heterocycles. The molecule has 0 aromatic carbocycles. The Bertz CT molecular complexity index is 547. The van der Waals surface area contributed by atoms with E-state index < -0.39 is 10.0 Å². The Labute approximate surface area is 121 Å². The molecule has 1 saturated carbocycles. The van der Waals surface area contributed by atoms with Crippen molar-refractivity contribution in [2.75, 3.05) is 13.6 Å². The maximum atomic E-state index is 12.7. The van der Waals surface area contributed by atoms with E-state index in [9.17, 15) is 8.42 Å². The molecule has 1 aliphatic carbocycles. The van der Waals surface area contributed by atoms with Crippen molar-refractivity contribution >= 4 is 10.0 Å². The number of hydrogen-bond donors (Lipinski definition) is 1. The minimum atomic E-state index is -3.54. The van der Waals surface area contributed by atoms with E-state index in [2.05, 4.69) is 4.98 Å². The summed E-state index contributed by atoms with van der Waals surface area (Å²) in [5, 5.41) is 0.126. The molecule has 2 unspecified atom stereocenters. The fourth-order valence-electron chi connectivity index (χ4n) is 2.92. The van der Waals surface area contributed by atoms with E-state index >= 15 is 0 Å². The predicted molar refractivity (Wildman–Crippen MR) is 77.7 cm³/mol. The maximum absolute atomic E-state index is 12.7. The number of hydrogen-bond acceptors (Lipinski definition) is 4. The van der Waals surface area contributed by atoms with Crippen molar-refractivity contribution in [3.05, 3.63) is 12.0 Å². The molecule has 1 heterocycles. The zero-order valence-electron chi connectivity index (χ0n) is 12.4. The van der Waals surface area contributed by atoms with Gasteiger partial charge in [-0.15, -0.1) is 0 Å². The van der Waals surface area contributed by atoms with E-state index in [1.165, 1.54) is 4.31 Å². The van der Waals surface area contributed by atoms with Crippen molar-refractivity contribution in [2.45, 2.75) is 43.7 Å². The molecule has 1 aromatic heterocycles. The van der Waals surface area contributed by atoms with Gasteiger partial charge in [-0.2, -0.15) is 4.31 Å². The Balaban J connectivity index is 2.28. The van der Waals surface area contributed by atoms with Gasteiger partial charge < -0.3 is 10.3 Å². The standard InChI is InChI=1S/C13H24N4O2S/c1-10-15-13(9-16(10)2)20(18,19)17(3)12-7-5-4-6-11(12)8-14/h9,11-12H,4-8,14H2,1-3H3. The van der Waals surface area contributed by atoms with Crippen molar-refractivity contribution in [1.82, 2.24) is 13.9 Å². The molecule has 20 heavy (non-hydrogen) atoms. The minimum Gasteiger partial charge on any atom is -0.337 e. The molecule has 0 spiro atoms. The number of nitrogens with zero attached hydrogens (tertiary/aromatic N) is 3. The third-order valence-corrected chi connectivity index (χ3v) is 6.12. The highest BCUT2D eigenvalue weighted by atomic mass is 32.2. The highest BCUT2D eigenvalue weighted by Crippen LogP contribution is 2.30. The average Bonchev–Trinajstić information content (AvgIpc) is 2.78. The first-order valence-corrected chi connectivity index (χ1v) is 8.50. The summed E-state index contributed by atoms with van der Waals surface area (Å²) >= 11 is 0. The van der Waals surface area contributed by atoms with Crippen LogP contribution in [-0.2, 0) is 17.1 Å². The van der Waals surface area contributed by atoms with Gasteiger partial charge in [0, 0.05) is 26.3 Å². The van der Waals surface area contributed by atoms with E-state index in [-0.39, 0.29) is 17.0 Å². The van der Waals surface area contributed by atoms with Crippen molar-refractivity contribution in [2.24, 2.45) is 18.7 Å². The van der Waals surface area contributed by atoms with Gasteiger partial charge in [0.1, 0.15) is 5.82 Å². The van der Waals surface area contributed by atoms with Gasteiger partial charge in [0.25, 0.3) is 10.0 Å². The van der Waals surface area contributed by atoms with Crippen LogP contribution in [0, 0.1) is 12.8 Å². The fourth-order valence-corrected chi connectivity index (χ4v) is 4.39. The van der Waals surface area contributed by atoms with Gasteiger partial charge in [-0.05, 0) is 32.2 Å². The number of aryl methyl sites for hydroxylation is 2. The van der Waals surface area contributed by atoms with Crippen LogP contribution in [0.25, 0.3) is 0 Å². The van der Waals surface area contributed by atoms with Crippen LogP contribution in [-0.4, -0.2) is 41.9 Å². The lowest BCUT2D eigenvalue weighted by Crippen LogP contribution is -2.45. The van der Waals surface area contributed by atoms with Crippen LogP contribution in [0.3, 0.4) is 0 Å². The molecule has 0 amide bonds. The molecule has 2 rings (SSSR count). The highest BCUT2D eigenvalue weighted by molar-refractivity contribution is 7.89. The first-order valence-electron chi connectivity index (χ1n) is 7.06. The Morgan fingerprint density at radius 3 is 2.65 bits per heavy atom. The number of nitrogens with two attached hydrogens (primary N) is 1. The second kappa shape index (κ2) is 5.83. The van der Waals surface area contributed by atoms with Gasteiger partial charge in [0.15, 0.2) is 5.03 Å². The zero-order valence-corrected chi connectivity index (χ0v) is 13.2. The Morgan fingerprint density at radius 1 is 1.45 bits per heavy atom. The first-order chi connectivity index (χ1) is 9.37. The molecular formula is C13H24N4O2S. The van der Waals surface area contributed by atoms with Gasteiger partial charge in [-0.3, -0.25) is 0 Å². The van der Waals surface area contributed by atoms with Crippen LogP contribution in [0.2, 0.25) is 0 Å². The molecule has 1 aliphatic rings. The highest BCUT2D eigenvalue weighted by Gasteiger charge is 2.35. The number of sulfonamides is 1. The number of imidazole rings is 1.